The molecule has 0 aromatic carbocycles. The van der Waals surface area contributed by atoms with Crippen molar-refractivity contribution >= 4 is 17.9 Å². The van der Waals surface area contributed by atoms with E-state index in [9.17, 15) is 14.4 Å². The van der Waals surface area contributed by atoms with E-state index in [-0.39, 0.29) is 31.1 Å². The summed E-state index contributed by atoms with van der Waals surface area (Å²) in [4.78, 5) is 38.4. The maximum absolute atomic E-state index is 13.0. The van der Waals surface area contributed by atoms with Gasteiger partial charge < -0.3 is 14.2 Å². The van der Waals surface area contributed by atoms with Gasteiger partial charge in [0.15, 0.2) is 6.10 Å². The van der Waals surface area contributed by atoms with Crippen LogP contribution in [0.4, 0.5) is 0 Å². The molecule has 0 aliphatic heterocycles. The van der Waals surface area contributed by atoms with Gasteiger partial charge in [0.2, 0.25) is 0 Å². The first kappa shape index (κ1) is 79.1. The number of allylic oxidation sites excluding steroid dienone is 18. The second kappa shape index (κ2) is 70.6. The summed E-state index contributed by atoms with van der Waals surface area (Å²) in [6.07, 6.45) is 97.0. The quantitative estimate of drug-likeness (QED) is 0.0261. The second-order valence-corrected chi connectivity index (χ2v) is 23.4. The van der Waals surface area contributed by atoms with Crippen LogP contribution in [0.5, 0.6) is 0 Å². The second-order valence-electron chi connectivity index (χ2n) is 23.4. The molecule has 6 heteroatoms. The SMILES string of the molecule is CC/C=C\C/C=C\C/C=C\C/C=C\CCCCCCCCCCCCC(=O)OC(COC(=O)CCCC/C=C\C/C=C\C/C=C\C/C=C\CC)COC(=O)CCCCCCCCCCCCCCCCC/C=C\CCCCCCCCCC. The van der Waals surface area contributed by atoms with Gasteiger partial charge in [0.1, 0.15) is 13.2 Å². The number of esters is 3. The van der Waals surface area contributed by atoms with Crippen molar-refractivity contribution < 1.29 is 28.6 Å². The lowest BCUT2D eigenvalue weighted by atomic mass is 10.0. The van der Waals surface area contributed by atoms with Gasteiger partial charge in [-0.3, -0.25) is 14.4 Å². The minimum absolute atomic E-state index is 0.0918. The van der Waals surface area contributed by atoms with Crippen molar-refractivity contribution in [1.29, 1.82) is 0 Å². The number of carbonyl (C=O) groups is 3. The summed E-state index contributed by atoms with van der Waals surface area (Å²) in [5.41, 5.74) is 0. The van der Waals surface area contributed by atoms with Crippen LogP contribution >= 0.6 is 0 Å². The highest BCUT2D eigenvalue weighted by Gasteiger charge is 2.19. The van der Waals surface area contributed by atoms with Gasteiger partial charge in [0.25, 0.3) is 0 Å². The first-order valence-corrected chi connectivity index (χ1v) is 35.4. The molecule has 0 aromatic heterocycles. The van der Waals surface area contributed by atoms with E-state index in [1.165, 1.54) is 193 Å². The molecule has 0 saturated heterocycles. The molecular formula is C77H132O6. The molecule has 0 N–H and O–H groups in total. The molecule has 1 unspecified atom stereocenters. The molecule has 0 bridgehead atoms. The van der Waals surface area contributed by atoms with Crippen molar-refractivity contribution in [2.24, 2.45) is 0 Å². The first-order valence-electron chi connectivity index (χ1n) is 35.4. The van der Waals surface area contributed by atoms with Crippen molar-refractivity contribution in [3.63, 3.8) is 0 Å². The first-order chi connectivity index (χ1) is 41.0. The van der Waals surface area contributed by atoms with E-state index < -0.39 is 6.10 Å². The lowest BCUT2D eigenvalue weighted by Gasteiger charge is -2.18. The molecule has 1 atom stereocenters. The van der Waals surface area contributed by atoms with Crippen molar-refractivity contribution in [3.8, 4) is 0 Å². The predicted octanol–water partition coefficient (Wildman–Crippen LogP) is 24.6. The number of unbranched alkanes of at least 4 members (excludes halogenated alkanes) is 35. The number of ether oxygens (including phenoxy) is 3. The summed E-state index contributed by atoms with van der Waals surface area (Å²) in [6, 6.07) is 0. The molecule has 0 aliphatic carbocycles. The van der Waals surface area contributed by atoms with Gasteiger partial charge in [0.05, 0.1) is 0 Å². The van der Waals surface area contributed by atoms with E-state index in [1.807, 2.05) is 0 Å². The van der Waals surface area contributed by atoms with E-state index in [1.54, 1.807) is 0 Å². The molecule has 476 valence electrons. The highest BCUT2D eigenvalue weighted by Crippen LogP contribution is 2.17. The van der Waals surface area contributed by atoms with E-state index in [4.69, 9.17) is 14.2 Å². The Balaban J connectivity index is 4.33. The molecule has 0 spiro atoms. The van der Waals surface area contributed by atoms with E-state index in [2.05, 4.69) is 130 Å². The Hall–Kier alpha value is -3.93. The normalized spacial score (nSPS) is 12.8. The monoisotopic (exact) mass is 1150 g/mol. The van der Waals surface area contributed by atoms with Crippen LogP contribution in [0.15, 0.2) is 109 Å². The van der Waals surface area contributed by atoms with Gasteiger partial charge in [-0.2, -0.15) is 0 Å². The largest absolute Gasteiger partial charge is 0.462 e. The Kier molecular flexibility index (Phi) is 67.2. The maximum Gasteiger partial charge on any atom is 0.306 e. The fourth-order valence-corrected chi connectivity index (χ4v) is 10.0. The summed E-state index contributed by atoms with van der Waals surface area (Å²) in [6.45, 7) is 6.41. The number of carbonyl (C=O) groups excluding carboxylic acids is 3. The lowest BCUT2D eigenvalue weighted by Crippen LogP contribution is -2.30. The van der Waals surface area contributed by atoms with Crippen LogP contribution in [-0.2, 0) is 28.6 Å². The van der Waals surface area contributed by atoms with Crippen molar-refractivity contribution in [2.45, 2.75) is 348 Å². The minimum atomic E-state index is -0.801. The third kappa shape index (κ3) is 68.7. The number of rotatable bonds is 64. The fourth-order valence-electron chi connectivity index (χ4n) is 10.0. The summed E-state index contributed by atoms with van der Waals surface area (Å²) in [5, 5.41) is 0. The van der Waals surface area contributed by atoms with E-state index in [0.717, 1.165) is 109 Å². The molecule has 0 rings (SSSR count). The molecule has 0 aliphatic rings. The zero-order valence-electron chi connectivity index (χ0n) is 54.7. The zero-order chi connectivity index (χ0) is 59.9. The van der Waals surface area contributed by atoms with Crippen LogP contribution in [0.2, 0.25) is 0 Å². The van der Waals surface area contributed by atoms with Crippen molar-refractivity contribution in [1.82, 2.24) is 0 Å². The molecule has 83 heavy (non-hydrogen) atoms. The van der Waals surface area contributed by atoms with Crippen LogP contribution in [0.25, 0.3) is 0 Å². The topological polar surface area (TPSA) is 78.9 Å². The third-order valence-corrected chi connectivity index (χ3v) is 15.2. The Labute approximate surface area is 514 Å². The molecule has 0 aromatic rings. The summed E-state index contributed by atoms with van der Waals surface area (Å²) < 4.78 is 17.0. The lowest BCUT2D eigenvalue weighted by molar-refractivity contribution is -0.167. The Morgan fingerprint density at radius 3 is 0.771 bits per heavy atom. The molecule has 0 heterocycles. The highest BCUT2D eigenvalue weighted by molar-refractivity contribution is 5.71. The number of hydrogen-bond donors (Lipinski definition) is 0. The van der Waals surface area contributed by atoms with Crippen LogP contribution in [0, 0.1) is 0 Å². The molecule has 0 amide bonds. The van der Waals surface area contributed by atoms with Gasteiger partial charge in [-0.1, -0.05) is 310 Å². The van der Waals surface area contributed by atoms with Crippen LogP contribution in [0.3, 0.4) is 0 Å². The van der Waals surface area contributed by atoms with Crippen LogP contribution in [0.1, 0.15) is 342 Å². The van der Waals surface area contributed by atoms with Gasteiger partial charge in [-0.15, -0.1) is 0 Å². The fraction of sp³-hybridized carbons (Fsp3) is 0.727. The summed E-state index contributed by atoms with van der Waals surface area (Å²) in [5.74, 6) is -0.927. The van der Waals surface area contributed by atoms with Crippen molar-refractivity contribution in [3.05, 3.63) is 109 Å². The summed E-state index contributed by atoms with van der Waals surface area (Å²) >= 11 is 0. The number of hydrogen-bond acceptors (Lipinski definition) is 6. The Bertz CT molecular complexity index is 1660. The van der Waals surface area contributed by atoms with Crippen LogP contribution in [-0.4, -0.2) is 37.2 Å². The third-order valence-electron chi connectivity index (χ3n) is 15.2. The Morgan fingerprint density at radius 2 is 0.470 bits per heavy atom. The van der Waals surface area contributed by atoms with Gasteiger partial charge >= 0.3 is 17.9 Å². The van der Waals surface area contributed by atoms with E-state index in [0.29, 0.717) is 19.3 Å². The van der Waals surface area contributed by atoms with Gasteiger partial charge in [-0.25, -0.2) is 0 Å². The maximum atomic E-state index is 13.0. The standard InChI is InChI=1S/C77H132O6/c1-4-7-10-13-16-19-22-25-28-30-32-34-36-37-38-39-41-42-44-46-49-52-55-58-61-64-67-70-76(79)82-73-74(72-81-75(78)69-66-63-60-57-54-51-48-27-24-21-18-15-12-9-6-3)83-77(80)71-68-65-62-59-56-53-50-47-45-43-40-35-33-31-29-26-23-20-17-14-11-8-5-2/h8-9,11-12,17-18,20-21,26-27,29-30,32-33,35,48,54,57,74H,4-7,10,13-16,19,22-25,28,31,34,36-47,49-53,55-56,58-73H2,1-3H3/b11-8-,12-9-,20-17-,21-18-,29-26-,32-30-,35-33-,48-27-,57-54-. The average Bonchev–Trinajstić information content (AvgIpc) is 3.49. The molecule has 0 radical (unpaired) electrons. The highest BCUT2D eigenvalue weighted by atomic mass is 16.6. The molecule has 0 saturated carbocycles. The smallest absolute Gasteiger partial charge is 0.306 e. The van der Waals surface area contributed by atoms with Gasteiger partial charge in [-0.05, 0) is 122 Å². The van der Waals surface area contributed by atoms with Crippen LogP contribution < -0.4 is 0 Å². The Morgan fingerprint density at radius 1 is 0.253 bits per heavy atom. The molecule has 0 fully saturated rings. The minimum Gasteiger partial charge on any atom is -0.462 e. The van der Waals surface area contributed by atoms with Crippen molar-refractivity contribution in [2.75, 3.05) is 13.2 Å². The summed E-state index contributed by atoms with van der Waals surface area (Å²) in [7, 11) is 0. The predicted molar refractivity (Wildman–Crippen MR) is 362 cm³/mol. The molecular weight excluding hydrogens is 1020 g/mol. The molecule has 6 nitrogen and oxygen atoms in total. The van der Waals surface area contributed by atoms with Gasteiger partial charge in [0, 0.05) is 19.3 Å². The average molecular weight is 1150 g/mol. The zero-order valence-corrected chi connectivity index (χ0v) is 54.7. The van der Waals surface area contributed by atoms with E-state index >= 15 is 0 Å².